The second-order valence-corrected chi connectivity index (χ2v) is 4.73. The van der Waals surface area contributed by atoms with E-state index in [0.717, 1.165) is 12.8 Å². The molecule has 0 atom stereocenters. The van der Waals surface area contributed by atoms with E-state index in [9.17, 15) is 0 Å². The summed E-state index contributed by atoms with van der Waals surface area (Å²) >= 11 is 0. The number of fused-ring (bicyclic) bond motifs is 1. The van der Waals surface area contributed by atoms with E-state index in [1.54, 1.807) is 0 Å². The lowest BCUT2D eigenvalue weighted by atomic mass is 9.76. The normalized spacial score (nSPS) is 25.5. The molecule has 0 unspecified atom stereocenters. The number of aromatic nitrogens is 1. The number of rotatable bonds is 1. The van der Waals surface area contributed by atoms with Crippen molar-refractivity contribution in [3.05, 3.63) is 35.5 Å². The van der Waals surface area contributed by atoms with Crippen LogP contribution in [0.25, 0.3) is 10.9 Å². The fourth-order valence-electron chi connectivity index (χ4n) is 2.48. The zero-order chi connectivity index (χ0) is 10.4. The van der Waals surface area contributed by atoms with Crippen LogP contribution in [0.2, 0.25) is 0 Å². The smallest absolute Gasteiger partial charge is 0.0456 e. The Morgan fingerprint density at radius 2 is 2.07 bits per heavy atom. The molecule has 0 bridgehead atoms. The summed E-state index contributed by atoms with van der Waals surface area (Å²) in [5, 5.41) is 1.32. The van der Waals surface area contributed by atoms with Crippen LogP contribution in [0.3, 0.4) is 0 Å². The fourth-order valence-corrected chi connectivity index (χ4v) is 2.48. The number of benzene rings is 1. The number of nitrogens with two attached hydrogens (primary N) is 1. The quantitative estimate of drug-likeness (QED) is 0.730. The third-order valence-corrected chi connectivity index (χ3v) is 3.43. The van der Waals surface area contributed by atoms with Gasteiger partial charge in [0.15, 0.2) is 0 Å². The average molecular weight is 200 g/mol. The highest BCUT2D eigenvalue weighted by Crippen LogP contribution is 2.36. The van der Waals surface area contributed by atoms with E-state index in [1.807, 2.05) is 0 Å². The van der Waals surface area contributed by atoms with Gasteiger partial charge in [-0.3, -0.25) is 0 Å². The van der Waals surface area contributed by atoms with Crippen molar-refractivity contribution in [2.45, 2.75) is 31.7 Å². The number of aryl methyl sites for hydroxylation is 1. The summed E-state index contributed by atoms with van der Waals surface area (Å²) in [5.74, 6) is 0.694. The van der Waals surface area contributed by atoms with Crippen LogP contribution in [0.4, 0.5) is 0 Å². The zero-order valence-corrected chi connectivity index (χ0v) is 8.96. The Bertz CT molecular complexity index is 492. The van der Waals surface area contributed by atoms with Crippen molar-refractivity contribution in [2.75, 3.05) is 0 Å². The molecule has 1 aliphatic rings. The molecule has 0 radical (unpaired) electrons. The van der Waals surface area contributed by atoms with E-state index in [4.69, 9.17) is 5.73 Å². The molecule has 0 spiro atoms. The molecule has 0 saturated heterocycles. The van der Waals surface area contributed by atoms with E-state index < -0.39 is 0 Å². The van der Waals surface area contributed by atoms with Crippen molar-refractivity contribution in [3.8, 4) is 0 Å². The van der Waals surface area contributed by atoms with Crippen molar-refractivity contribution in [1.29, 1.82) is 0 Å². The first-order chi connectivity index (χ1) is 7.22. The standard InChI is InChI=1S/C13H16N2/c1-8-4-11-5-9(2-3-13(11)15-8)10-6-12(14)7-10/h2-5,10,12,15H,6-7,14H2,1H3. The molecule has 1 aromatic heterocycles. The maximum atomic E-state index is 5.82. The van der Waals surface area contributed by atoms with Crippen LogP contribution in [0.15, 0.2) is 24.3 Å². The molecule has 0 amide bonds. The molecule has 1 aliphatic carbocycles. The molecule has 78 valence electrons. The summed E-state index contributed by atoms with van der Waals surface area (Å²) in [6.07, 6.45) is 2.30. The topological polar surface area (TPSA) is 41.8 Å². The van der Waals surface area contributed by atoms with E-state index in [-0.39, 0.29) is 0 Å². The van der Waals surface area contributed by atoms with Crippen LogP contribution in [-0.2, 0) is 0 Å². The van der Waals surface area contributed by atoms with Crippen molar-refractivity contribution in [2.24, 2.45) is 5.73 Å². The van der Waals surface area contributed by atoms with Gasteiger partial charge in [0.1, 0.15) is 0 Å². The molecule has 3 rings (SSSR count). The van der Waals surface area contributed by atoms with Crippen LogP contribution in [0.1, 0.15) is 30.0 Å². The van der Waals surface area contributed by atoms with Gasteiger partial charge in [0, 0.05) is 17.3 Å². The van der Waals surface area contributed by atoms with Gasteiger partial charge in [0.25, 0.3) is 0 Å². The fraction of sp³-hybridized carbons (Fsp3) is 0.385. The molecular formula is C13H16N2. The lowest BCUT2D eigenvalue weighted by Crippen LogP contribution is -2.34. The van der Waals surface area contributed by atoms with Crippen molar-refractivity contribution < 1.29 is 0 Å². The van der Waals surface area contributed by atoms with Gasteiger partial charge in [-0.1, -0.05) is 6.07 Å². The Balaban J connectivity index is 1.99. The van der Waals surface area contributed by atoms with E-state index in [2.05, 4.69) is 36.2 Å². The molecule has 3 N–H and O–H groups in total. The molecule has 15 heavy (non-hydrogen) atoms. The van der Waals surface area contributed by atoms with Gasteiger partial charge < -0.3 is 10.7 Å². The van der Waals surface area contributed by atoms with Crippen LogP contribution < -0.4 is 5.73 Å². The molecule has 2 aromatic rings. The van der Waals surface area contributed by atoms with E-state index in [0.29, 0.717) is 12.0 Å². The number of hydrogen-bond donors (Lipinski definition) is 2. The molecule has 1 aromatic carbocycles. The maximum Gasteiger partial charge on any atom is 0.0456 e. The Hall–Kier alpha value is -1.28. The molecular weight excluding hydrogens is 184 g/mol. The van der Waals surface area contributed by atoms with Gasteiger partial charge in [-0.2, -0.15) is 0 Å². The molecule has 0 aliphatic heterocycles. The number of nitrogens with one attached hydrogen (secondary N) is 1. The highest BCUT2D eigenvalue weighted by Gasteiger charge is 2.27. The second kappa shape index (κ2) is 3.11. The van der Waals surface area contributed by atoms with Crippen molar-refractivity contribution in [1.82, 2.24) is 4.98 Å². The lowest BCUT2D eigenvalue weighted by molar-refractivity contribution is 0.352. The Labute approximate surface area is 89.5 Å². The summed E-state index contributed by atoms with van der Waals surface area (Å²) in [6, 6.07) is 9.35. The van der Waals surface area contributed by atoms with Crippen LogP contribution in [0, 0.1) is 6.92 Å². The molecule has 2 nitrogen and oxygen atoms in total. The van der Waals surface area contributed by atoms with E-state index in [1.165, 1.54) is 22.2 Å². The first kappa shape index (κ1) is 8.98. The largest absolute Gasteiger partial charge is 0.359 e. The van der Waals surface area contributed by atoms with Gasteiger partial charge in [0.05, 0.1) is 0 Å². The molecule has 1 fully saturated rings. The Morgan fingerprint density at radius 3 is 2.80 bits per heavy atom. The Morgan fingerprint density at radius 1 is 1.27 bits per heavy atom. The van der Waals surface area contributed by atoms with Gasteiger partial charge in [-0.05, 0) is 54.8 Å². The minimum atomic E-state index is 0.429. The Kier molecular flexibility index (Phi) is 1.86. The second-order valence-electron chi connectivity index (χ2n) is 4.73. The van der Waals surface area contributed by atoms with Crippen molar-refractivity contribution >= 4 is 10.9 Å². The lowest BCUT2D eigenvalue weighted by Gasteiger charge is -2.32. The summed E-state index contributed by atoms with van der Waals surface area (Å²) in [5.41, 5.74) is 9.73. The van der Waals surface area contributed by atoms with Gasteiger partial charge in [-0.15, -0.1) is 0 Å². The van der Waals surface area contributed by atoms with Gasteiger partial charge >= 0.3 is 0 Å². The molecule has 1 saturated carbocycles. The minimum Gasteiger partial charge on any atom is -0.359 e. The van der Waals surface area contributed by atoms with Gasteiger partial charge in [0.2, 0.25) is 0 Å². The van der Waals surface area contributed by atoms with E-state index >= 15 is 0 Å². The predicted octanol–water partition coefficient (Wildman–Crippen LogP) is 2.68. The first-order valence-corrected chi connectivity index (χ1v) is 5.57. The zero-order valence-electron chi connectivity index (χ0n) is 8.96. The predicted molar refractivity (Wildman–Crippen MR) is 63.0 cm³/mol. The monoisotopic (exact) mass is 200 g/mol. The maximum absolute atomic E-state index is 5.82. The molecule has 2 heteroatoms. The first-order valence-electron chi connectivity index (χ1n) is 5.57. The summed E-state index contributed by atoms with van der Waals surface area (Å²) in [4.78, 5) is 3.34. The highest BCUT2D eigenvalue weighted by molar-refractivity contribution is 5.81. The molecule has 1 heterocycles. The van der Waals surface area contributed by atoms with Gasteiger partial charge in [-0.25, -0.2) is 0 Å². The number of H-pyrrole nitrogens is 1. The summed E-state index contributed by atoms with van der Waals surface area (Å²) in [6.45, 7) is 2.10. The highest BCUT2D eigenvalue weighted by atomic mass is 14.7. The summed E-state index contributed by atoms with van der Waals surface area (Å²) < 4.78 is 0. The number of aromatic amines is 1. The van der Waals surface area contributed by atoms with Crippen LogP contribution in [0.5, 0.6) is 0 Å². The minimum absolute atomic E-state index is 0.429. The summed E-state index contributed by atoms with van der Waals surface area (Å²) in [7, 11) is 0. The average Bonchev–Trinajstić information content (AvgIpc) is 2.52. The van der Waals surface area contributed by atoms with Crippen LogP contribution >= 0.6 is 0 Å². The SMILES string of the molecule is Cc1cc2cc(C3CC(N)C3)ccc2[nH]1. The van der Waals surface area contributed by atoms with Crippen molar-refractivity contribution in [3.63, 3.8) is 0 Å². The third kappa shape index (κ3) is 1.45. The van der Waals surface area contributed by atoms with Crippen LogP contribution in [-0.4, -0.2) is 11.0 Å². The third-order valence-electron chi connectivity index (χ3n) is 3.43. The number of hydrogen-bond acceptors (Lipinski definition) is 1.